The minimum absolute atomic E-state index is 0.132. The summed E-state index contributed by atoms with van der Waals surface area (Å²) in [5.74, 6) is -0.864. The van der Waals surface area contributed by atoms with Crippen LogP contribution in [-0.4, -0.2) is 44.1 Å². The van der Waals surface area contributed by atoms with Crippen molar-refractivity contribution >= 4 is 17.6 Å². The summed E-state index contributed by atoms with van der Waals surface area (Å²) in [5, 5.41) is 2.76. The summed E-state index contributed by atoms with van der Waals surface area (Å²) in [7, 11) is 3.18. The Morgan fingerprint density at radius 1 is 1.15 bits per heavy atom. The number of amides is 1. The van der Waals surface area contributed by atoms with Crippen LogP contribution < -0.4 is 10.1 Å². The number of rotatable bonds is 8. The molecule has 7 heteroatoms. The van der Waals surface area contributed by atoms with E-state index in [2.05, 4.69) is 5.32 Å². The lowest BCUT2D eigenvalue weighted by Crippen LogP contribution is -2.29. The van der Waals surface area contributed by atoms with E-state index in [-0.39, 0.29) is 18.2 Å². The molecule has 0 unspecified atom stereocenters. The van der Waals surface area contributed by atoms with E-state index >= 15 is 0 Å². The maximum absolute atomic E-state index is 13.7. The molecule has 144 valence electrons. The molecular formula is C20H23FN2O4. The molecule has 0 spiro atoms. The van der Waals surface area contributed by atoms with Crippen molar-refractivity contribution in [3.8, 4) is 5.75 Å². The van der Waals surface area contributed by atoms with Gasteiger partial charge < -0.3 is 14.8 Å². The predicted octanol–water partition coefficient (Wildman–Crippen LogP) is 3.08. The van der Waals surface area contributed by atoms with E-state index in [0.29, 0.717) is 24.4 Å². The Hall–Kier alpha value is -2.93. The number of carbonyl (C=O) groups excluding carboxylic acids is 2. The Labute approximate surface area is 157 Å². The molecule has 0 aromatic heterocycles. The molecule has 2 aromatic rings. The van der Waals surface area contributed by atoms with E-state index in [1.165, 1.54) is 13.2 Å². The summed E-state index contributed by atoms with van der Waals surface area (Å²) in [6.07, 6.45) is 0. The number of hydrogen-bond acceptors (Lipinski definition) is 5. The fraction of sp³-hybridized carbons (Fsp3) is 0.300. The summed E-state index contributed by atoms with van der Waals surface area (Å²) < 4.78 is 23.5. The van der Waals surface area contributed by atoms with Gasteiger partial charge in [-0.25, -0.2) is 9.18 Å². The molecule has 0 saturated carbocycles. The van der Waals surface area contributed by atoms with Gasteiger partial charge in [0.1, 0.15) is 0 Å². The second kappa shape index (κ2) is 9.68. The van der Waals surface area contributed by atoms with Gasteiger partial charge in [0.15, 0.2) is 11.6 Å². The van der Waals surface area contributed by atoms with E-state index in [4.69, 9.17) is 9.47 Å². The molecule has 1 N–H and O–H groups in total. The molecule has 27 heavy (non-hydrogen) atoms. The van der Waals surface area contributed by atoms with Gasteiger partial charge in [0.2, 0.25) is 5.91 Å². The quantitative estimate of drug-likeness (QED) is 0.719. The van der Waals surface area contributed by atoms with E-state index in [1.807, 2.05) is 0 Å². The minimum atomic E-state index is -0.436. The summed E-state index contributed by atoms with van der Waals surface area (Å²) in [5.41, 5.74) is 1.74. The fourth-order valence-electron chi connectivity index (χ4n) is 2.53. The third-order valence-electron chi connectivity index (χ3n) is 3.76. The number of methoxy groups -OCH3 is 1. The highest BCUT2D eigenvalue weighted by atomic mass is 19.1. The lowest BCUT2D eigenvalue weighted by molar-refractivity contribution is -0.117. The van der Waals surface area contributed by atoms with Gasteiger partial charge in [-0.1, -0.05) is 6.07 Å². The number of carbonyl (C=O) groups is 2. The largest absolute Gasteiger partial charge is 0.494 e. The summed E-state index contributed by atoms with van der Waals surface area (Å²) in [6, 6.07) is 11.2. The molecule has 1 amide bonds. The maximum Gasteiger partial charge on any atom is 0.338 e. The number of nitrogens with one attached hydrogen (secondary N) is 1. The standard InChI is InChI=1S/C20H23FN2O4/c1-4-27-20(25)15-6-8-16(9-7-15)22-19(24)13-23(2)12-14-5-10-18(26-3)17(21)11-14/h5-11H,4,12-13H2,1-3H3,(H,22,24). The molecule has 2 rings (SSSR count). The van der Waals surface area contributed by atoms with Crippen LogP contribution >= 0.6 is 0 Å². The van der Waals surface area contributed by atoms with Gasteiger partial charge in [-0.2, -0.15) is 0 Å². The third-order valence-corrected chi connectivity index (χ3v) is 3.76. The molecule has 2 aromatic carbocycles. The van der Waals surface area contributed by atoms with Crippen molar-refractivity contribution in [3.63, 3.8) is 0 Å². The van der Waals surface area contributed by atoms with Gasteiger partial charge in [0, 0.05) is 12.2 Å². The van der Waals surface area contributed by atoms with Gasteiger partial charge in [-0.3, -0.25) is 9.69 Å². The number of nitrogens with zero attached hydrogens (tertiary/aromatic N) is 1. The molecule has 0 aliphatic rings. The molecule has 0 fully saturated rings. The number of likely N-dealkylation sites (N-methyl/N-ethyl adjacent to an activating group) is 1. The lowest BCUT2D eigenvalue weighted by atomic mass is 10.2. The van der Waals surface area contributed by atoms with E-state index < -0.39 is 11.8 Å². The van der Waals surface area contributed by atoms with Crippen LogP contribution in [-0.2, 0) is 16.1 Å². The number of halogens is 1. The zero-order valence-corrected chi connectivity index (χ0v) is 15.6. The first-order valence-electron chi connectivity index (χ1n) is 8.51. The number of benzene rings is 2. The molecule has 0 bridgehead atoms. The first-order chi connectivity index (χ1) is 12.9. The van der Waals surface area contributed by atoms with Crippen LogP contribution in [0, 0.1) is 5.82 Å². The SMILES string of the molecule is CCOC(=O)c1ccc(NC(=O)CN(C)Cc2ccc(OC)c(F)c2)cc1. The lowest BCUT2D eigenvalue weighted by Gasteiger charge is -2.17. The van der Waals surface area contributed by atoms with Gasteiger partial charge in [0.05, 0.1) is 25.8 Å². The maximum atomic E-state index is 13.7. The third kappa shape index (κ3) is 6.07. The summed E-state index contributed by atoms with van der Waals surface area (Å²) >= 11 is 0. The molecule has 0 aliphatic heterocycles. The average molecular weight is 374 g/mol. The number of anilines is 1. The first-order valence-corrected chi connectivity index (χ1v) is 8.51. The van der Waals surface area contributed by atoms with Gasteiger partial charge in [0.25, 0.3) is 0 Å². The van der Waals surface area contributed by atoms with Crippen molar-refractivity contribution in [2.24, 2.45) is 0 Å². The zero-order valence-electron chi connectivity index (χ0n) is 15.6. The van der Waals surface area contributed by atoms with Crippen molar-refractivity contribution in [3.05, 3.63) is 59.4 Å². The average Bonchev–Trinajstić information content (AvgIpc) is 2.62. The Morgan fingerprint density at radius 2 is 1.85 bits per heavy atom. The number of ether oxygens (including phenoxy) is 2. The second-order valence-electron chi connectivity index (χ2n) is 5.99. The van der Waals surface area contributed by atoms with Crippen LogP contribution in [0.1, 0.15) is 22.8 Å². The van der Waals surface area contributed by atoms with Crippen molar-refractivity contribution in [1.82, 2.24) is 4.90 Å². The predicted molar refractivity (Wildman–Crippen MR) is 100 cm³/mol. The monoisotopic (exact) mass is 374 g/mol. The highest BCUT2D eigenvalue weighted by molar-refractivity contribution is 5.94. The second-order valence-corrected chi connectivity index (χ2v) is 5.99. The van der Waals surface area contributed by atoms with Crippen LogP contribution in [0.2, 0.25) is 0 Å². The highest BCUT2D eigenvalue weighted by Gasteiger charge is 2.11. The van der Waals surface area contributed by atoms with Crippen LogP contribution in [0.25, 0.3) is 0 Å². The Kier molecular flexibility index (Phi) is 7.31. The molecule has 0 aliphatic carbocycles. The molecule has 0 heterocycles. The topological polar surface area (TPSA) is 67.9 Å². The van der Waals surface area contributed by atoms with Gasteiger partial charge >= 0.3 is 5.97 Å². The minimum Gasteiger partial charge on any atom is -0.494 e. The molecule has 0 radical (unpaired) electrons. The van der Waals surface area contributed by atoms with Gasteiger partial charge in [-0.15, -0.1) is 0 Å². The highest BCUT2D eigenvalue weighted by Crippen LogP contribution is 2.18. The number of hydrogen-bond donors (Lipinski definition) is 1. The van der Waals surface area contributed by atoms with Crippen molar-refractivity contribution < 1.29 is 23.5 Å². The summed E-state index contributed by atoms with van der Waals surface area (Å²) in [6.45, 7) is 2.59. The Morgan fingerprint density at radius 3 is 2.44 bits per heavy atom. The molecular weight excluding hydrogens is 351 g/mol. The Balaban J connectivity index is 1.87. The fourth-order valence-corrected chi connectivity index (χ4v) is 2.53. The molecule has 0 saturated heterocycles. The zero-order chi connectivity index (χ0) is 19.8. The van der Waals surface area contributed by atoms with E-state index in [0.717, 1.165) is 5.56 Å². The van der Waals surface area contributed by atoms with E-state index in [1.54, 1.807) is 55.3 Å². The molecule has 6 nitrogen and oxygen atoms in total. The number of esters is 1. The van der Waals surface area contributed by atoms with Crippen LogP contribution in [0.3, 0.4) is 0 Å². The van der Waals surface area contributed by atoms with Crippen LogP contribution in [0.5, 0.6) is 5.75 Å². The first kappa shape index (κ1) is 20.4. The van der Waals surface area contributed by atoms with Crippen molar-refractivity contribution in [2.75, 3.05) is 32.6 Å². The van der Waals surface area contributed by atoms with Crippen LogP contribution in [0.4, 0.5) is 10.1 Å². The summed E-state index contributed by atoms with van der Waals surface area (Å²) in [4.78, 5) is 25.5. The van der Waals surface area contributed by atoms with Crippen molar-refractivity contribution in [1.29, 1.82) is 0 Å². The van der Waals surface area contributed by atoms with E-state index in [9.17, 15) is 14.0 Å². The van der Waals surface area contributed by atoms with Gasteiger partial charge in [-0.05, 0) is 55.9 Å². The Bertz CT molecular complexity index is 793. The van der Waals surface area contributed by atoms with Crippen molar-refractivity contribution in [2.45, 2.75) is 13.5 Å². The van der Waals surface area contributed by atoms with Crippen LogP contribution in [0.15, 0.2) is 42.5 Å². The molecule has 0 atom stereocenters. The normalized spacial score (nSPS) is 10.6. The smallest absolute Gasteiger partial charge is 0.338 e.